The van der Waals surface area contributed by atoms with Gasteiger partial charge in [0, 0.05) is 4.47 Å². The number of rotatable bonds is 2. The maximum Gasteiger partial charge on any atom is 0.299 e. The Bertz CT molecular complexity index is 776. The first-order valence-corrected chi connectivity index (χ1v) is 6.87. The van der Waals surface area contributed by atoms with Gasteiger partial charge in [0.15, 0.2) is 0 Å². The molecule has 0 bridgehead atoms. The van der Waals surface area contributed by atoms with Crippen LogP contribution < -0.4 is 4.90 Å². The summed E-state index contributed by atoms with van der Waals surface area (Å²) in [5.41, 5.74) is -0.0815. The molecule has 1 heterocycles. The molecular weight excluding hydrogens is 344 g/mol. The van der Waals surface area contributed by atoms with Gasteiger partial charge in [-0.2, -0.15) is 0 Å². The van der Waals surface area contributed by atoms with E-state index >= 15 is 0 Å². The van der Waals surface area contributed by atoms with Gasteiger partial charge >= 0.3 is 0 Å². The minimum absolute atomic E-state index is 0.00259. The molecule has 0 radical (unpaired) electrons. The maximum absolute atomic E-state index is 13.9. The Morgan fingerprint density at radius 3 is 2.48 bits per heavy atom. The first kappa shape index (κ1) is 13.9. The first-order chi connectivity index (χ1) is 9.99. The summed E-state index contributed by atoms with van der Waals surface area (Å²) in [6.45, 7) is -0.00259. The number of benzene rings is 2. The molecule has 3 nitrogen and oxygen atoms in total. The third-order valence-electron chi connectivity index (χ3n) is 3.24. The second kappa shape index (κ2) is 5.04. The zero-order valence-corrected chi connectivity index (χ0v) is 12.2. The highest BCUT2D eigenvalue weighted by atomic mass is 79.9. The molecule has 0 unspecified atom stereocenters. The number of nitrogens with zero attached hydrogens (tertiary/aromatic N) is 1. The minimum Gasteiger partial charge on any atom is -0.297 e. The van der Waals surface area contributed by atoms with E-state index in [1.54, 1.807) is 24.3 Å². The van der Waals surface area contributed by atoms with Gasteiger partial charge in [0.25, 0.3) is 11.7 Å². The van der Waals surface area contributed by atoms with Gasteiger partial charge in [-0.3, -0.25) is 14.5 Å². The van der Waals surface area contributed by atoms with E-state index in [0.29, 0.717) is 5.56 Å². The van der Waals surface area contributed by atoms with Crippen molar-refractivity contribution in [3.8, 4) is 0 Å². The summed E-state index contributed by atoms with van der Waals surface area (Å²) in [6.07, 6.45) is 0. The van der Waals surface area contributed by atoms with Gasteiger partial charge in [-0.1, -0.05) is 28.1 Å². The van der Waals surface area contributed by atoms with Crippen LogP contribution in [0.4, 0.5) is 14.5 Å². The highest BCUT2D eigenvalue weighted by Gasteiger charge is 2.40. The molecule has 0 aliphatic carbocycles. The van der Waals surface area contributed by atoms with Gasteiger partial charge in [0.2, 0.25) is 0 Å². The van der Waals surface area contributed by atoms with Crippen LogP contribution in [0.5, 0.6) is 0 Å². The van der Waals surface area contributed by atoms with Gasteiger partial charge < -0.3 is 0 Å². The lowest BCUT2D eigenvalue weighted by Gasteiger charge is -2.17. The Hall–Kier alpha value is -2.08. The topological polar surface area (TPSA) is 37.4 Å². The van der Waals surface area contributed by atoms with E-state index in [4.69, 9.17) is 0 Å². The van der Waals surface area contributed by atoms with E-state index < -0.39 is 28.9 Å². The normalized spacial score (nSPS) is 13.8. The van der Waals surface area contributed by atoms with E-state index in [1.165, 1.54) is 0 Å². The molecule has 0 saturated heterocycles. The Labute approximate surface area is 127 Å². The number of hydrogen-bond acceptors (Lipinski definition) is 2. The SMILES string of the molecule is O=C1C(=O)N(Cc2cccc(Br)c2)c2c(F)ccc(F)c21. The van der Waals surface area contributed by atoms with Gasteiger partial charge in [0.05, 0.1) is 17.8 Å². The van der Waals surface area contributed by atoms with Gasteiger partial charge in [0.1, 0.15) is 11.6 Å². The molecule has 0 saturated carbocycles. The Morgan fingerprint density at radius 2 is 1.76 bits per heavy atom. The maximum atomic E-state index is 13.9. The summed E-state index contributed by atoms with van der Waals surface area (Å²) in [5, 5.41) is 0. The molecule has 106 valence electrons. The van der Waals surface area contributed by atoms with E-state index in [-0.39, 0.29) is 12.2 Å². The second-order valence-corrected chi connectivity index (χ2v) is 5.52. The molecule has 3 rings (SSSR count). The number of hydrogen-bond donors (Lipinski definition) is 0. The molecule has 0 N–H and O–H groups in total. The molecule has 1 aliphatic heterocycles. The van der Waals surface area contributed by atoms with Crippen LogP contribution in [0.15, 0.2) is 40.9 Å². The van der Waals surface area contributed by atoms with E-state index in [1.807, 2.05) is 0 Å². The van der Waals surface area contributed by atoms with Crippen molar-refractivity contribution in [2.24, 2.45) is 0 Å². The van der Waals surface area contributed by atoms with Crippen molar-refractivity contribution in [2.45, 2.75) is 6.54 Å². The standard InChI is InChI=1S/C15H8BrF2NO2/c16-9-3-1-2-8(6-9)7-19-13-11(18)5-4-10(17)12(13)14(20)15(19)21/h1-6H,7H2. The van der Waals surface area contributed by atoms with Gasteiger partial charge in [-0.25, -0.2) is 8.78 Å². The van der Waals surface area contributed by atoms with Crippen LogP contribution in [0.2, 0.25) is 0 Å². The first-order valence-electron chi connectivity index (χ1n) is 6.07. The predicted molar refractivity (Wildman–Crippen MR) is 76.0 cm³/mol. The Kier molecular flexibility index (Phi) is 3.33. The minimum atomic E-state index is -1.02. The number of ketones is 1. The van der Waals surface area contributed by atoms with Crippen molar-refractivity contribution in [1.82, 2.24) is 0 Å². The van der Waals surface area contributed by atoms with Crippen molar-refractivity contribution < 1.29 is 18.4 Å². The lowest BCUT2D eigenvalue weighted by Crippen LogP contribution is -2.29. The number of carbonyl (C=O) groups is 2. The zero-order valence-electron chi connectivity index (χ0n) is 10.6. The molecule has 1 aliphatic rings. The van der Waals surface area contributed by atoms with Crippen molar-refractivity contribution in [3.05, 3.63) is 63.6 Å². The van der Waals surface area contributed by atoms with Crippen LogP contribution in [-0.2, 0) is 11.3 Å². The van der Waals surface area contributed by atoms with Crippen LogP contribution in [0, 0.1) is 11.6 Å². The average Bonchev–Trinajstić information content (AvgIpc) is 2.69. The zero-order chi connectivity index (χ0) is 15.1. The van der Waals surface area contributed by atoms with E-state index in [9.17, 15) is 18.4 Å². The quantitative estimate of drug-likeness (QED) is 0.777. The Balaban J connectivity index is 2.08. The average molecular weight is 352 g/mol. The molecule has 21 heavy (non-hydrogen) atoms. The largest absolute Gasteiger partial charge is 0.299 e. The lowest BCUT2D eigenvalue weighted by atomic mass is 10.1. The summed E-state index contributed by atoms with van der Waals surface area (Å²) in [5.74, 6) is -3.62. The highest BCUT2D eigenvalue weighted by molar-refractivity contribution is 9.10. The molecular formula is C15H8BrF2NO2. The molecule has 0 aromatic heterocycles. The third-order valence-corrected chi connectivity index (χ3v) is 3.74. The summed E-state index contributed by atoms with van der Waals surface area (Å²) in [4.78, 5) is 24.8. The number of fused-ring (bicyclic) bond motifs is 1. The van der Waals surface area contributed by atoms with Gasteiger partial charge in [-0.05, 0) is 29.8 Å². The predicted octanol–water partition coefficient (Wildman–Crippen LogP) is 3.46. The summed E-state index contributed by atoms with van der Waals surface area (Å²) in [6, 6.07) is 8.79. The number of Topliss-reactive ketones (excluding diaryl/α,β-unsaturated/α-hetero) is 1. The fraction of sp³-hybridized carbons (Fsp3) is 0.0667. The number of carbonyl (C=O) groups excluding carboxylic acids is 2. The van der Waals surface area contributed by atoms with Crippen molar-refractivity contribution >= 4 is 33.3 Å². The second-order valence-electron chi connectivity index (χ2n) is 4.60. The smallest absolute Gasteiger partial charge is 0.297 e. The molecule has 0 fully saturated rings. The highest BCUT2D eigenvalue weighted by Crippen LogP contribution is 2.34. The number of anilines is 1. The van der Waals surface area contributed by atoms with Crippen LogP contribution in [-0.4, -0.2) is 11.7 Å². The summed E-state index contributed by atoms with van der Waals surface area (Å²) in [7, 11) is 0. The molecule has 1 amide bonds. The summed E-state index contributed by atoms with van der Waals surface area (Å²) >= 11 is 3.29. The number of amides is 1. The summed E-state index contributed by atoms with van der Waals surface area (Å²) < 4.78 is 28.4. The molecule has 0 atom stereocenters. The molecule has 6 heteroatoms. The van der Waals surface area contributed by atoms with E-state index in [0.717, 1.165) is 21.5 Å². The fourth-order valence-electron chi connectivity index (χ4n) is 2.32. The Morgan fingerprint density at radius 1 is 1.05 bits per heavy atom. The van der Waals surface area contributed by atoms with Crippen molar-refractivity contribution in [3.63, 3.8) is 0 Å². The van der Waals surface area contributed by atoms with Crippen molar-refractivity contribution in [2.75, 3.05) is 4.90 Å². The van der Waals surface area contributed by atoms with E-state index in [2.05, 4.69) is 15.9 Å². The molecule has 0 spiro atoms. The fourth-order valence-corrected chi connectivity index (χ4v) is 2.77. The molecule has 2 aromatic carbocycles. The van der Waals surface area contributed by atoms with Crippen molar-refractivity contribution in [1.29, 1.82) is 0 Å². The van der Waals surface area contributed by atoms with Crippen LogP contribution >= 0.6 is 15.9 Å². The van der Waals surface area contributed by atoms with Crippen LogP contribution in [0.1, 0.15) is 15.9 Å². The number of halogens is 3. The molecule has 2 aromatic rings. The van der Waals surface area contributed by atoms with Gasteiger partial charge in [-0.15, -0.1) is 0 Å². The lowest BCUT2D eigenvalue weighted by molar-refractivity contribution is -0.114. The van der Waals surface area contributed by atoms with Crippen LogP contribution in [0.25, 0.3) is 0 Å². The monoisotopic (exact) mass is 351 g/mol. The van der Waals surface area contributed by atoms with Crippen LogP contribution in [0.3, 0.4) is 0 Å². The third kappa shape index (κ3) is 2.25.